The third-order valence-electron chi connectivity index (χ3n) is 6.20. The van der Waals surface area contributed by atoms with Crippen LogP contribution in [0.25, 0.3) is 0 Å². The molecule has 0 saturated heterocycles. The Bertz CT molecular complexity index is 950. The highest BCUT2D eigenvalue weighted by Gasteiger charge is 2.30. The van der Waals surface area contributed by atoms with Crippen molar-refractivity contribution in [3.63, 3.8) is 0 Å². The first-order valence-electron chi connectivity index (χ1n) is 10.9. The molecule has 9 heteroatoms. The predicted octanol–water partition coefficient (Wildman–Crippen LogP) is 3.40. The number of benzene rings is 1. The van der Waals surface area contributed by atoms with Crippen molar-refractivity contribution in [3.05, 3.63) is 47.2 Å². The van der Waals surface area contributed by atoms with Crippen LogP contribution in [-0.4, -0.2) is 39.3 Å². The van der Waals surface area contributed by atoms with Crippen LogP contribution in [0.5, 0.6) is 0 Å². The maximum atomic E-state index is 13.6. The summed E-state index contributed by atoms with van der Waals surface area (Å²) < 4.78 is 27.3. The molecule has 4 N–H and O–H groups in total. The maximum absolute atomic E-state index is 13.6. The van der Waals surface area contributed by atoms with Gasteiger partial charge in [-0.2, -0.15) is 5.10 Å². The van der Waals surface area contributed by atoms with Gasteiger partial charge in [0, 0.05) is 23.2 Å². The number of aromatic amines is 1. The normalized spacial score (nSPS) is 16.9. The summed E-state index contributed by atoms with van der Waals surface area (Å²) in [5.41, 5.74) is 0.152. The van der Waals surface area contributed by atoms with Crippen molar-refractivity contribution in [2.24, 2.45) is 5.92 Å². The monoisotopic (exact) mass is 448 g/mol. The van der Waals surface area contributed by atoms with Gasteiger partial charge in [0.25, 0.3) is 0 Å². The molecule has 2 unspecified atom stereocenters. The fourth-order valence-corrected chi connectivity index (χ4v) is 4.04. The summed E-state index contributed by atoms with van der Waals surface area (Å²) in [6.45, 7) is 5.07. The van der Waals surface area contributed by atoms with Gasteiger partial charge >= 0.3 is 0 Å². The summed E-state index contributed by atoms with van der Waals surface area (Å²) in [4.78, 5) is 24.8. The fraction of sp³-hybridized carbons (Fsp3) is 0.522. The van der Waals surface area contributed by atoms with Gasteiger partial charge in [0.2, 0.25) is 11.8 Å². The van der Waals surface area contributed by atoms with Crippen molar-refractivity contribution >= 4 is 17.6 Å². The number of aliphatic hydroxyl groups is 1. The van der Waals surface area contributed by atoms with E-state index in [0.717, 1.165) is 38.2 Å². The molecular weight excluding hydrogens is 418 g/mol. The van der Waals surface area contributed by atoms with Crippen LogP contribution >= 0.6 is 0 Å². The van der Waals surface area contributed by atoms with Crippen LogP contribution in [0, 0.1) is 17.6 Å². The van der Waals surface area contributed by atoms with Gasteiger partial charge in [-0.1, -0.05) is 33.1 Å². The molecule has 1 heterocycles. The van der Waals surface area contributed by atoms with Crippen LogP contribution in [0.2, 0.25) is 0 Å². The topological polar surface area (TPSA) is 107 Å². The standard InChI is InChI=1S/C23H30F2N4O3/c1-13(26-22(32)20(30)14-7-5-4-6-8-14)21(31)27-19-12-18(28-29-19)23(2,3)15-9-16(24)11-17(25)10-15/h9-14,20,30H,4-8H2,1-3H3,(H,26,32)(H2,27,28,29,31). The highest BCUT2D eigenvalue weighted by Crippen LogP contribution is 2.32. The quantitative estimate of drug-likeness (QED) is 0.521. The van der Waals surface area contributed by atoms with Gasteiger partial charge in [-0.3, -0.25) is 14.7 Å². The minimum Gasteiger partial charge on any atom is -0.383 e. The maximum Gasteiger partial charge on any atom is 0.249 e. The van der Waals surface area contributed by atoms with Crippen LogP contribution in [0.4, 0.5) is 14.6 Å². The molecule has 1 aromatic carbocycles. The summed E-state index contributed by atoms with van der Waals surface area (Å²) in [7, 11) is 0. The molecular formula is C23H30F2N4O3. The SMILES string of the molecule is CC(NC(=O)C(O)C1CCCCC1)C(=O)Nc1cc(C(C)(C)c2cc(F)cc(F)c2)[nH]n1. The number of nitrogens with zero attached hydrogens (tertiary/aromatic N) is 1. The highest BCUT2D eigenvalue weighted by atomic mass is 19.1. The number of aliphatic hydroxyl groups excluding tert-OH is 1. The average molecular weight is 449 g/mol. The third kappa shape index (κ3) is 5.51. The van der Waals surface area contributed by atoms with Crippen LogP contribution in [0.1, 0.15) is 64.1 Å². The number of rotatable bonds is 7. The van der Waals surface area contributed by atoms with Crippen molar-refractivity contribution in [1.29, 1.82) is 0 Å². The van der Waals surface area contributed by atoms with Gasteiger partial charge in [-0.25, -0.2) is 8.78 Å². The molecule has 2 aromatic rings. The van der Waals surface area contributed by atoms with E-state index >= 15 is 0 Å². The highest BCUT2D eigenvalue weighted by molar-refractivity contribution is 5.96. The Kier molecular flexibility index (Phi) is 7.28. The second kappa shape index (κ2) is 9.77. The Morgan fingerprint density at radius 3 is 2.34 bits per heavy atom. The zero-order chi connectivity index (χ0) is 23.5. The number of hydrogen-bond donors (Lipinski definition) is 4. The second-order valence-corrected chi connectivity index (χ2v) is 9.01. The molecule has 174 valence electrons. The van der Waals surface area contributed by atoms with E-state index in [0.29, 0.717) is 11.3 Å². The molecule has 0 radical (unpaired) electrons. The minimum atomic E-state index is -1.13. The Morgan fingerprint density at radius 2 is 1.72 bits per heavy atom. The van der Waals surface area contributed by atoms with Crippen LogP contribution < -0.4 is 10.6 Å². The molecule has 32 heavy (non-hydrogen) atoms. The van der Waals surface area contributed by atoms with Gasteiger partial charge in [0.15, 0.2) is 5.82 Å². The molecule has 1 saturated carbocycles. The number of carbonyl (C=O) groups excluding carboxylic acids is 2. The van der Waals surface area contributed by atoms with Crippen molar-refractivity contribution in [2.45, 2.75) is 70.4 Å². The molecule has 1 aliphatic rings. The minimum absolute atomic E-state index is 0.0807. The Balaban J connectivity index is 1.61. The molecule has 0 bridgehead atoms. The zero-order valence-electron chi connectivity index (χ0n) is 18.5. The number of anilines is 1. The predicted molar refractivity (Wildman–Crippen MR) is 116 cm³/mol. The molecule has 7 nitrogen and oxygen atoms in total. The van der Waals surface area contributed by atoms with Crippen LogP contribution in [-0.2, 0) is 15.0 Å². The smallest absolute Gasteiger partial charge is 0.249 e. The number of halogens is 2. The van der Waals surface area contributed by atoms with E-state index in [4.69, 9.17) is 0 Å². The largest absolute Gasteiger partial charge is 0.383 e. The Labute approximate surface area is 186 Å². The average Bonchev–Trinajstić information content (AvgIpc) is 3.22. The van der Waals surface area contributed by atoms with E-state index in [1.54, 1.807) is 19.9 Å². The van der Waals surface area contributed by atoms with Crippen LogP contribution in [0.15, 0.2) is 24.3 Å². The first-order chi connectivity index (χ1) is 15.1. The zero-order valence-corrected chi connectivity index (χ0v) is 18.5. The number of nitrogens with one attached hydrogen (secondary N) is 3. The molecule has 2 atom stereocenters. The first-order valence-corrected chi connectivity index (χ1v) is 10.9. The lowest BCUT2D eigenvalue weighted by atomic mass is 9.81. The first kappa shape index (κ1) is 23.8. The second-order valence-electron chi connectivity index (χ2n) is 9.01. The summed E-state index contributed by atoms with van der Waals surface area (Å²) in [6, 6.07) is 3.99. The van der Waals surface area contributed by atoms with Crippen molar-refractivity contribution in [1.82, 2.24) is 15.5 Å². The van der Waals surface area contributed by atoms with Crippen molar-refractivity contribution in [3.8, 4) is 0 Å². The van der Waals surface area contributed by atoms with E-state index < -0.39 is 41.0 Å². The van der Waals surface area contributed by atoms with Gasteiger partial charge in [-0.15, -0.1) is 0 Å². The molecule has 1 fully saturated rings. The van der Waals surface area contributed by atoms with E-state index in [9.17, 15) is 23.5 Å². The van der Waals surface area contributed by atoms with Gasteiger partial charge in [0.05, 0.1) is 0 Å². The lowest BCUT2D eigenvalue weighted by Crippen LogP contribution is -2.48. The Morgan fingerprint density at radius 1 is 1.09 bits per heavy atom. The Hall–Kier alpha value is -2.81. The molecule has 0 aliphatic heterocycles. The van der Waals surface area contributed by atoms with Crippen molar-refractivity contribution in [2.75, 3.05) is 5.32 Å². The fourth-order valence-electron chi connectivity index (χ4n) is 4.04. The van der Waals surface area contributed by atoms with E-state index in [2.05, 4.69) is 20.8 Å². The number of amides is 2. The van der Waals surface area contributed by atoms with Gasteiger partial charge < -0.3 is 15.7 Å². The van der Waals surface area contributed by atoms with Crippen LogP contribution in [0.3, 0.4) is 0 Å². The summed E-state index contributed by atoms with van der Waals surface area (Å²) in [6.07, 6.45) is 3.57. The molecule has 1 aliphatic carbocycles. The molecule has 1 aromatic heterocycles. The van der Waals surface area contributed by atoms with E-state index in [1.165, 1.54) is 19.1 Å². The number of aromatic nitrogens is 2. The van der Waals surface area contributed by atoms with E-state index in [1.807, 2.05) is 0 Å². The van der Waals surface area contributed by atoms with Crippen molar-refractivity contribution < 1.29 is 23.5 Å². The van der Waals surface area contributed by atoms with E-state index in [-0.39, 0.29) is 11.7 Å². The lowest BCUT2D eigenvalue weighted by molar-refractivity contribution is -0.135. The lowest BCUT2D eigenvalue weighted by Gasteiger charge is -2.26. The summed E-state index contributed by atoms with van der Waals surface area (Å²) in [5, 5.41) is 22.3. The number of carbonyl (C=O) groups is 2. The summed E-state index contributed by atoms with van der Waals surface area (Å²) >= 11 is 0. The number of H-pyrrole nitrogens is 1. The summed E-state index contributed by atoms with van der Waals surface area (Å²) in [5.74, 6) is -2.28. The van der Waals surface area contributed by atoms with Gasteiger partial charge in [-0.05, 0) is 43.4 Å². The molecule has 0 spiro atoms. The number of hydrogen-bond acceptors (Lipinski definition) is 4. The molecule has 2 amide bonds. The third-order valence-corrected chi connectivity index (χ3v) is 6.20. The van der Waals surface area contributed by atoms with Gasteiger partial charge in [0.1, 0.15) is 23.8 Å². The molecule has 3 rings (SSSR count).